The van der Waals surface area contributed by atoms with E-state index in [4.69, 9.17) is 16.3 Å². The molecule has 0 bridgehead atoms. The van der Waals surface area contributed by atoms with Gasteiger partial charge in [-0.25, -0.2) is 0 Å². The van der Waals surface area contributed by atoms with Crippen LogP contribution in [0.1, 0.15) is 13.8 Å². The zero-order valence-electron chi connectivity index (χ0n) is 8.59. The summed E-state index contributed by atoms with van der Waals surface area (Å²) in [6.07, 6.45) is 2.18. The molecule has 1 fully saturated rings. The smallest absolute Gasteiger partial charge is 0.0870 e. The highest BCUT2D eigenvalue weighted by atomic mass is 35.5. The van der Waals surface area contributed by atoms with E-state index in [1.165, 1.54) is 0 Å². The van der Waals surface area contributed by atoms with Gasteiger partial charge in [0, 0.05) is 20.2 Å². The van der Waals surface area contributed by atoms with Crippen LogP contribution in [0.5, 0.6) is 0 Å². The Labute approximate surface area is 85.5 Å². The maximum absolute atomic E-state index is 6.28. The molecule has 0 amide bonds. The average molecular weight is 204 g/mol. The number of alkyl halides is 1. The van der Waals surface area contributed by atoms with Gasteiger partial charge in [-0.05, 0) is 13.8 Å². The highest BCUT2D eigenvalue weighted by molar-refractivity contribution is 6.24. The molecule has 0 aromatic carbocycles. The van der Waals surface area contributed by atoms with E-state index in [0.717, 1.165) is 13.1 Å². The molecule has 0 radical (unpaired) electrons. The third-order valence-corrected chi connectivity index (χ3v) is 2.75. The summed E-state index contributed by atoms with van der Waals surface area (Å²) >= 11 is 6.28. The number of halogens is 1. The molecular weight excluding hydrogens is 186 g/mol. The van der Waals surface area contributed by atoms with Crippen LogP contribution in [0.25, 0.3) is 0 Å². The van der Waals surface area contributed by atoms with Crippen LogP contribution >= 0.6 is 11.6 Å². The summed E-state index contributed by atoms with van der Waals surface area (Å²) in [4.78, 5) is 2.05. The van der Waals surface area contributed by atoms with Crippen molar-refractivity contribution in [3.8, 4) is 0 Å². The fraction of sp³-hybridized carbons (Fsp3) is 0.800. The normalized spacial score (nSPS) is 29.8. The van der Waals surface area contributed by atoms with Gasteiger partial charge < -0.3 is 4.74 Å². The summed E-state index contributed by atoms with van der Waals surface area (Å²) in [6, 6.07) is 0.303. The third-order valence-electron chi connectivity index (χ3n) is 2.53. The lowest BCUT2D eigenvalue weighted by molar-refractivity contribution is -0.0909. The maximum Gasteiger partial charge on any atom is 0.0870 e. The Morgan fingerprint density at radius 1 is 1.69 bits per heavy atom. The van der Waals surface area contributed by atoms with E-state index in [2.05, 4.69) is 11.5 Å². The predicted octanol–water partition coefficient (Wildman–Crippen LogP) is 1.89. The number of likely N-dealkylation sites (tertiary alicyclic amines) is 1. The van der Waals surface area contributed by atoms with Crippen molar-refractivity contribution >= 4 is 11.6 Å². The molecular formula is C10H18ClNO. The Morgan fingerprint density at radius 2 is 2.31 bits per heavy atom. The monoisotopic (exact) mass is 203 g/mol. The molecule has 0 aromatic rings. The standard InChI is InChI=1S/C10H18ClNO/c1-5-6-12-7-8(13-4)9(12)10(2,3)11/h5,8-9H,1,6-7H2,2-4H3/t8-,9+/m1/s1. The van der Waals surface area contributed by atoms with Crippen LogP contribution in [-0.4, -0.2) is 42.1 Å². The van der Waals surface area contributed by atoms with E-state index in [0.29, 0.717) is 6.04 Å². The summed E-state index contributed by atoms with van der Waals surface area (Å²) in [5.41, 5.74) is 0. The largest absolute Gasteiger partial charge is 0.378 e. The van der Waals surface area contributed by atoms with Crippen molar-refractivity contribution in [2.24, 2.45) is 0 Å². The van der Waals surface area contributed by atoms with Gasteiger partial charge in [0.05, 0.1) is 17.0 Å². The second-order valence-corrected chi connectivity index (χ2v) is 5.00. The van der Waals surface area contributed by atoms with Crippen LogP contribution in [0.3, 0.4) is 0 Å². The first-order chi connectivity index (χ1) is 6.00. The lowest BCUT2D eigenvalue weighted by atomic mass is 9.88. The summed E-state index contributed by atoms with van der Waals surface area (Å²) in [5, 5.41) is 0. The van der Waals surface area contributed by atoms with Gasteiger partial charge in [-0.3, -0.25) is 4.90 Å². The zero-order valence-corrected chi connectivity index (χ0v) is 9.34. The van der Waals surface area contributed by atoms with Crippen molar-refractivity contribution in [3.63, 3.8) is 0 Å². The number of methoxy groups -OCH3 is 1. The first-order valence-corrected chi connectivity index (χ1v) is 4.95. The first kappa shape index (κ1) is 11.0. The van der Waals surface area contributed by atoms with Crippen molar-refractivity contribution in [3.05, 3.63) is 12.7 Å². The Morgan fingerprint density at radius 3 is 2.69 bits per heavy atom. The minimum atomic E-state index is -0.234. The van der Waals surface area contributed by atoms with Crippen molar-refractivity contribution < 1.29 is 4.74 Å². The molecule has 2 atom stereocenters. The van der Waals surface area contributed by atoms with Crippen LogP contribution in [-0.2, 0) is 4.74 Å². The molecule has 76 valence electrons. The van der Waals surface area contributed by atoms with Gasteiger partial charge in [-0.15, -0.1) is 18.2 Å². The first-order valence-electron chi connectivity index (χ1n) is 4.57. The number of nitrogens with zero attached hydrogens (tertiary/aromatic N) is 1. The van der Waals surface area contributed by atoms with Crippen molar-refractivity contribution in [1.29, 1.82) is 0 Å². The van der Waals surface area contributed by atoms with E-state index in [-0.39, 0.29) is 11.0 Å². The minimum Gasteiger partial charge on any atom is -0.378 e. The average Bonchev–Trinajstić information content (AvgIpc) is 1.93. The van der Waals surface area contributed by atoms with Crippen LogP contribution < -0.4 is 0 Å². The van der Waals surface area contributed by atoms with E-state index in [9.17, 15) is 0 Å². The summed E-state index contributed by atoms with van der Waals surface area (Å²) < 4.78 is 5.34. The number of rotatable bonds is 4. The van der Waals surface area contributed by atoms with Crippen molar-refractivity contribution in [1.82, 2.24) is 4.90 Å². The van der Waals surface area contributed by atoms with E-state index >= 15 is 0 Å². The Balaban J connectivity index is 2.59. The quantitative estimate of drug-likeness (QED) is 0.511. The zero-order chi connectivity index (χ0) is 10.1. The second kappa shape index (κ2) is 3.99. The van der Waals surface area contributed by atoms with E-state index in [1.807, 2.05) is 19.9 Å². The summed E-state index contributed by atoms with van der Waals surface area (Å²) in [6.45, 7) is 9.63. The fourth-order valence-corrected chi connectivity index (χ4v) is 2.25. The van der Waals surface area contributed by atoms with Crippen LogP contribution in [0.4, 0.5) is 0 Å². The molecule has 1 heterocycles. The molecule has 1 rings (SSSR count). The van der Waals surface area contributed by atoms with E-state index in [1.54, 1.807) is 7.11 Å². The summed E-state index contributed by atoms with van der Waals surface area (Å²) in [7, 11) is 1.74. The van der Waals surface area contributed by atoms with Crippen LogP contribution in [0.15, 0.2) is 12.7 Å². The Bertz CT molecular complexity index is 188. The van der Waals surface area contributed by atoms with Gasteiger partial charge in [-0.2, -0.15) is 0 Å². The highest BCUT2D eigenvalue weighted by Gasteiger charge is 2.46. The predicted molar refractivity (Wildman–Crippen MR) is 56.3 cm³/mol. The maximum atomic E-state index is 6.28. The lowest BCUT2D eigenvalue weighted by Crippen LogP contribution is -2.67. The van der Waals surface area contributed by atoms with Gasteiger partial charge in [0.15, 0.2) is 0 Å². The third kappa shape index (κ3) is 2.25. The number of hydrogen-bond acceptors (Lipinski definition) is 2. The molecule has 1 aliphatic rings. The highest BCUT2D eigenvalue weighted by Crippen LogP contribution is 2.33. The molecule has 13 heavy (non-hydrogen) atoms. The molecule has 3 heteroatoms. The van der Waals surface area contributed by atoms with Gasteiger partial charge >= 0.3 is 0 Å². The van der Waals surface area contributed by atoms with Crippen LogP contribution in [0.2, 0.25) is 0 Å². The fourth-order valence-electron chi connectivity index (χ4n) is 1.98. The van der Waals surface area contributed by atoms with Crippen LogP contribution in [0, 0.1) is 0 Å². The molecule has 1 saturated heterocycles. The molecule has 0 saturated carbocycles. The topological polar surface area (TPSA) is 12.5 Å². The van der Waals surface area contributed by atoms with Gasteiger partial charge in [0.25, 0.3) is 0 Å². The van der Waals surface area contributed by atoms with E-state index < -0.39 is 0 Å². The van der Waals surface area contributed by atoms with Crippen molar-refractivity contribution in [2.45, 2.75) is 30.9 Å². The van der Waals surface area contributed by atoms with Gasteiger partial charge in [0.1, 0.15) is 0 Å². The SMILES string of the molecule is C=CCN1C[C@@H](OC)[C@H]1C(C)(C)Cl. The Hall–Kier alpha value is -0.0500. The second-order valence-electron chi connectivity index (χ2n) is 4.03. The molecule has 0 spiro atoms. The Kier molecular flexibility index (Phi) is 3.38. The molecule has 2 nitrogen and oxygen atoms in total. The molecule has 0 aromatic heterocycles. The van der Waals surface area contributed by atoms with Crippen molar-refractivity contribution in [2.75, 3.05) is 20.2 Å². The van der Waals surface area contributed by atoms with Gasteiger partial charge in [0.2, 0.25) is 0 Å². The van der Waals surface area contributed by atoms with Gasteiger partial charge in [-0.1, -0.05) is 6.08 Å². The summed E-state index contributed by atoms with van der Waals surface area (Å²) in [5.74, 6) is 0. The molecule has 1 aliphatic heterocycles. The molecule has 0 unspecified atom stereocenters. The number of ether oxygens (including phenoxy) is 1. The number of hydrogen-bond donors (Lipinski definition) is 0. The minimum absolute atomic E-state index is 0.234. The lowest BCUT2D eigenvalue weighted by Gasteiger charge is -2.52. The molecule has 0 N–H and O–H groups in total. The molecule has 0 aliphatic carbocycles.